The van der Waals surface area contributed by atoms with Gasteiger partial charge in [-0.3, -0.25) is 0 Å². The van der Waals surface area contributed by atoms with Crippen LogP contribution in [0.4, 0.5) is 0 Å². The SMILES string of the molecule is CC(C)O.CC(C)O.CC(c1cc(C(C)(C)C)cc(C(C)(C)C)c1O)c1cc(C(C)(C)C)cc(C(C)(C)C)c1O.CC(c1cc(C(C)(C)C)cc(C(C)(C)C)c1O)c1cc(C(C)(C)C)cc(C(C)(C)C)c1O.[Al].[Al]. The first-order chi connectivity index (χ1) is 31.8. The molecule has 0 amide bonds. The molecule has 0 atom stereocenters. The summed E-state index contributed by atoms with van der Waals surface area (Å²) in [5.74, 6) is 1.07. The van der Waals surface area contributed by atoms with Gasteiger partial charge in [-0.25, -0.2) is 0 Å². The van der Waals surface area contributed by atoms with Crippen LogP contribution in [0, 0.1) is 0 Å². The van der Waals surface area contributed by atoms with Gasteiger partial charge >= 0.3 is 0 Å². The van der Waals surface area contributed by atoms with E-state index in [-0.39, 0.29) is 102 Å². The second-order valence-electron chi connectivity index (χ2n) is 29.5. The standard InChI is InChI=1S/2C30H46O2.2C3H8O.2Al/c2*1-18(21-14-19(27(2,3)4)16-23(25(21)31)29(8,9)10)22-15-20(28(5,6)7)17-24(26(22)32)30(11,12)13;2*1-3(2)4;;/h2*14-18,31-32H,1-13H3;2*3-4H,1-2H3;;. The highest BCUT2D eigenvalue weighted by Crippen LogP contribution is 2.49. The first kappa shape index (κ1) is 73.1. The van der Waals surface area contributed by atoms with Gasteiger partial charge in [0.05, 0.1) is 0 Å². The van der Waals surface area contributed by atoms with Crippen LogP contribution in [0.25, 0.3) is 0 Å². The van der Waals surface area contributed by atoms with Crippen LogP contribution < -0.4 is 0 Å². The zero-order valence-corrected chi connectivity index (χ0v) is 55.1. The van der Waals surface area contributed by atoms with Gasteiger partial charge < -0.3 is 30.6 Å². The van der Waals surface area contributed by atoms with Gasteiger partial charge in [-0.15, -0.1) is 0 Å². The third kappa shape index (κ3) is 20.5. The molecule has 0 heterocycles. The highest BCUT2D eigenvalue weighted by molar-refractivity contribution is 5.76. The molecule has 74 heavy (non-hydrogen) atoms. The van der Waals surface area contributed by atoms with E-state index in [0.717, 1.165) is 44.5 Å². The maximum Gasteiger partial charge on any atom is 0.123 e. The molecule has 8 heteroatoms. The zero-order valence-electron chi connectivity index (χ0n) is 52.8. The van der Waals surface area contributed by atoms with Crippen molar-refractivity contribution in [2.45, 2.75) is 275 Å². The molecule has 0 unspecified atom stereocenters. The van der Waals surface area contributed by atoms with E-state index in [2.05, 4.69) is 229 Å². The fourth-order valence-electron chi connectivity index (χ4n) is 8.30. The molecule has 0 saturated carbocycles. The molecule has 0 saturated heterocycles. The molecule has 0 aliphatic rings. The van der Waals surface area contributed by atoms with Crippen molar-refractivity contribution in [3.8, 4) is 23.0 Å². The predicted octanol–water partition coefficient (Wildman–Crippen LogP) is 16.9. The van der Waals surface area contributed by atoms with Crippen LogP contribution in [0.3, 0.4) is 0 Å². The predicted molar refractivity (Wildman–Crippen MR) is 323 cm³/mol. The highest BCUT2D eigenvalue weighted by atomic mass is 27.0. The summed E-state index contributed by atoms with van der Waals surface area (Å²) in [4.78, 5) is 0. The van der Waals surface area contributed by atoms with Gasteiger partial charge in [-0.1, -0.05) is 229 Å². The van der Waals surface area contributed by atoms with Crippen molar-refractivity contribution in [3.63, 3.8) is 0 Å². The number of aliphatic hydroxyl groups excluding tert-OH is 2. The van der Waals surface area contributed by atoms with Crippen molar-refractivity contribution in [2.75, 3.05) is 0 Å². The van der Waals surface area contributed by atoms with E-state index in [0.29, 0.717) is 23.0 Å². The summed E-state index contributed by atoms with van der Waals surface area (Å²) in [6.45, 7) is 63.2. The Morgan fingerprint density at radius 1 is 0.257 bits per heavy atom. The zero-order chi connectivity index (χ0) is 57.2. The van der Waals surface area contributed by atoms with Crippen LogP contribution in [0.15, 0.2) is 48.5 Å². The summed E-state index contributed by atoms with van der Waals surface area (Å²) in [7, 11) is 0. The average Bonchev–Trinajstić information content (AvgIpc) is 3.14. The van der Waals surface area contributed by atoms with Gasteiger partial charge in [-0.2, -0.15) is 0 Å². The number of hydrogen-bond acceptors (Lipinski definition) is 6. The summed E-state index contributed by atoms with van der Waals surface area (Å²) in [6, 6.07) is 17.1. The Bertz CT molecular complexity index is 2080. The largest absolute Gasteiger partial charge is 0.507 e. The van der Waals surface area contributed by atoms with Crippen LogP contribution in [0.1, 0.15) is 286 Å². The molecule has 4 rings (SSSR count). The van der Waals surface area contributed by atoms with E-state index in [1.165, 1.54) is 22.3 Å². The molecule has 0 aromatic heterocycles. The van der Waals surface area contributed by atoms with Crippen molar-refractivity contribution < 1.29 is 30.6 Å². The lowest BCUT2D eigenvalue weighted by molar-refractivity contribution is 0.215. The van der Waals surface area contributed by atoms with Crippen molar-refractivity contribution in [3.05, 3.63) is 115 Å². The molecule has 4 aromatic carbocycles. The fraction of sp³-hybridized carbons (Fsp3) is 0.636. The lowest BCUT2D eigenvalue weighted by atomic mass is 9.74. The average molecular weight is 1050 g/mol. The second-order valence-corrected chi connectivity index (χ2v) is 29.5. The molecule has 0 aliphatic carbocycles. The Kier molecular flexibility index (Phi) is 25.8. The highest BCUT2D eigenvalue weighted by Gasteiger charge is 2.33. The number of phenols is 4. The molecule has 4 aromatic rings. The van der Waals surface area contributed by atoms with Crippen LogP contribution in [0.5, 0.6) is 23.0 Å². The van der Waals surface area contributed by atoms with E-state index in [1.54, 1.807) is 27.7 Å². The van der Waals surface area contributed by atoms with Crippen LogP contribution in [-0.2, 0) is 43.3 Å². The summed E-state index contributed by atoms with van der Waals surface area (Å²) in [5, 5.41) is 61.8. The molecule has 0 aliphatic heterocycles. The summed E-state index contributed by atoms with van der Waals surface area (Å²) < 4.78 is 0. The number of rotatable bonds is 4. The third-order valence-corrected chi connectivity index (χ3v) is 13.1. The van der Waals surface area contributed by atoms with E-state index in [1.807, 2.05) is 0 Å². The topological polar surface area (TPSA) is 121 Å². The number of benzene rings is 4. The normalized spacial score (nSPS) is 12.8. The monoisotopic (exact) mass is 1050 g/mol. The van der Waals surface area contributed by atoms with Gasteiger partial charge in [-0.05, 0) is 116 Å². The van der Waals surface area contributed by atoms with E-state index in [9.17, 15) is 20.4 Å². The third-order valence-electron chi connectivity index (χ3n) is 13.1. The van der Waals surface area contributed by atoms with Crippen LogP contribution in [0.2, 0.25) is 0 Å². The van der Waals surface area contributed by atoms with Crippen LogP contribution in [-0.4, -0.2) is 77.6 Å². The first-order valence-corrected chi connectivity index (χ1v) is 26.6. The first-order valence-electron chi connectivity index (χ1n) is 26.6. The number of hydrogen-bond donors (Lipinski definition) is 6. The summed E-state index contributed by atoms with van der Waals surface area (Å²) >= 11 is 0. The Morgan fingerprint density at radius 3 is 0.473 bits per heavy atom. The molecule has 0 bridgehead atoms. The maximum atomic E-state index is 11.4. The van der Waals surface area contributed by atoms with Gasteiger partial charge in [0.1, 0.15) is 23.0 Å². The molecule has 414 valence electrons. The summed E-state index contributed by atoms with van der Waals surface area (Å²) in [6.07, 6.45) is -0.333. The van der Waals surface area contributed by atoms with E-state index >= 15 is 0 Å². The lowest BCUT2D eigenvalue weighted by Crippen LogP contribution is -2.19. The Morgan fingerprint density at radius 2 is 0.378 bits per heavy atom. The van der Waals surface area contributed by atoms with Crippen molar-refractivity contribution in [1.82, 2.24) is 0 Å². The minimum Gasteiger partial charge on any atom is -0.507 e. The minimum atomic E-state index is -0.189. The Labute approximate surface area is 475 Å². The molecule has 0 fully saturated rings. The van der Waals surface area contributed by atoms with Crippen molar-refractivity contribution in [2.24, 2.45) is 0 Å². The van der Waals surface area contributed by atoms with Crippen molar-refractivity contribution in [1.29, 1.82) is 0 Å². The van der Waals surface area contributed by atoms with Gasteiger partial charge in [0, 0.05) is 81.0 Å². The van der Waals surface area contributed by atoms with E-state index in [4.69, 9.17) is 10.2 Å². The summed E-state index contributed by atoms with van der Waals surface area (Å²) in [5.41, 5.74) is 11.2. The Hall–Kier alpha value is -2.94. The number of aromatic hydroxyl groups is 4. The van der Waals surface area contributed by atoms with E-state index < -0.39 is 0 Å². The Balaban J connectivity index is 0. The molecule has 6 N–H and O–H groups in total. The fourth-order valence-corrected chi connectivity index (χ4v) is 8.30. The molecular formula is C66H108Al2O6. The second kappa shape index (κ2) is 26.1. The quantitative estimate of drug-likeness (QED) is 0.113. The van der Waals surface area contributed by atoms with Crippen LogP contribution >= 0.6 is 0 Å². The van der Waals surface area contributed by atoms with Gasteiger partial charge in [0.2, 0.25) is 0 Å². The molecule has 6 radical (unpaired) electrons. The molecule has 0 spiro atoms. The number of aliphatic hydroxyl groups is 2. The lowest BCUT2D eigenvalue weighted by Gasteiger charge is -2.31. The van der Waals surface area contributed by atoms with Gasteiger partial charge in [0.15, 0.2) is 0 Å². The minimum absolute atomic E-state index is 0. The van der Waals surface area contributed by atoms with Crippen molar-refractivity contribution >= 4 is 34.7 Å². The number of phenolic OH excluding ortho intramolecular Hbond substituents is 4. The molecule has 6 nitrogen and oxygen atoms in total. The smallest absolute Gasteiger partial charge is 0.123 e. The maximum absolute atomic E-state index is 11.4. The molecular weight excluding hydrogens is 943 g/mol. The van der Waals surface area contributed by atoms with Gasteiger partial charge in [0.25, 0.3) is 0 Å².